The smallest absolute Gasteiger partial charge is 0.293 e. The minimum absolute atomic E-state index is 0.138. The van der Waals surface area contributed by atoms with E-state index in [1.54, 1.807) is 6.08 Å². The molecule has 2 aliphatic rings. The predicted octanol–water partition coefficient (Wildman–Crippen LogP) is 4.11. The fraction of sp³-hybridized carbons (Fsp3) is 0.227. The molecule has 0 aliphatic carbocycles. The summed E-state index contributed by atoms with van der Waals surface area (Å²) < 4.78 is 0. The van der Waals surface area contributed by atoms with Crippen molar-refractivity contribution < 1.29 is 19.3 Å². The summed E-state index contributed by atoms with van der Waals surface area (Å²) in [5.41, 5.74) is 2.00. The van der Waals surface area contributed by atoms with Crippen LogP contribution in [-0.2, 0) is 4.79 Å². The molecule has 158 valence electrons. The van der Waals surface area contributed by atoms with Crippen LogP contribution >= 0.6 is 11.8 Å². The van der Waals surface area contributed by atoms with E-state index in [1.165, 1.54) is 37.1 Å². The first-order chi connectivity index (χ1) is 14.9. The number of non-ortho nitro benzene ring substituents is 1. The van der Waals surface area contributed by atoms with Crippen molar-refractivity contribution in [2.75, 3.05) is 24.5 Å². The van der Waals surface area contributed by atoms with Gasteiger partial charge in [0.2, 0.25) is 0 Å². The first kappa shape index (κ1) is 20.8. The Hall–Kier alpha value is -3.46. The molecule has 9 heteroatoms. The molecule has 2 aromatic rings. The zero-order chi connectivity index (χ0) is 22.0. The third-order valence-electron chi connectivity index (χ3n) is 5.24. The fourth-order valence-electron chi connectivity index (χ4n) is 3.55. The highest BCUT2D eigenvalue weighted by Crippen LogP contribution is 2.33. The summed E-state index contributed by atoms with van der Waals surface area (Å²) in [7, 11) is 0. The summed E-state index contributed by atoms with van der Waals surface area (Å²) in [6.45, 7) is 1.68. The number of imide groups is 1. The SMILES string of the molecule is O=C(CN1C(=O)S/C(=C/c2ccc(N3CCCC3)cc2)C1=O)c1ccc([N+](=O)[O-])cc1. The first-order valence-electron chi connectivity index (χ1n) is 9.80. The number of ketones is 1. The molecule has 0 spiro atoms. The summed E-state index contributed by atoms with van der Waals surface area (Å²) in [6, 6.07) is 12.9. The van der Waals surface area contributed by atoms with Crippen LogP contribution in [0.15, 0.2) is 53.4 Å². The Bertz CT molecular complexity index is 1070. The lowest BCUT2D eigenvalue weighted by atomic mass is 10.1. The van der Waals surface area contributed by atoms with Gasteiger partial charge in [0.25, 0.3) is 16.8 Å². The summed E-state index contributed by atoms with van der Waals surface area (Å²) in [5, 5.41) is 10.2. The Morgan fingerprint density at radius 1 is 1.03 bits per heavy atom. The maximum atomic E-state index is 12.7. The molecule has 2 aliphatic heterocycles. The zero-order valence-electron chi connectivity index (χ0n) is 16.5. The highest BCUT2D eigenvalue weighted by Gasteiger charge is 2.36. The van der Waals surface area contributed by atoms with Gasteiger partial charge in [0.05, 0.1) is 16.4 Å². The van der Waals surface area contributed by atoms with Gasteiger partial charge in [-0.3, -0.25) is 29.4 Å². The van der Waals surface area contributed by atoms with E-state index < -0.39 is 28.4 Å². The zero-order valence-corrected chi connectivity index (χ0v) is 17.3. The number of Topliss-reactive ketones (excluding diaryl/α,β-unsaturated/α-hetero) is 1. The average molecular weight is 437 g/mol. The van der Waals surface area contributed by atoms with Gasteiger partial charge in [0.1, 0.15) is 0 Å². The molecule has 2 saturated heterocycles. The summed E-state index contributed by atoms with van der Waals surface area (Å²) in [5.74, 6) is -0.984. The predicted molar refractivity (Wildman–Crippen MR) is 118 cm³/mol. The van der Waals surface area contributed by atoms with Crippen LogP contribution < -0.4 is 4.90 Å². The largest absolute Gasteiger partial charge is 0.372 e. The Kier molecular flexibility index (Phi) is 5.85. The molecule has 0 atom stereocenters. The van der Waals surface area contributed by atoms with Crippen LogP contribution in [0.3, 0.4) is 0 Å². The molecule has 0 radical (unpaired) electrons. The number of hydrogen-bond donors (Lipinski definition) is 0. The molecule has 2 heterocycles. The van der Waals surface area contributed by atoms with E-state index >= 15 is 0 Å². The second kappa shape index (κ2) is 8.73. The number of anilines is 1. The molecule has 8 nitrogen and oxygen atoms in total. The van der Waals surface area contributed by atoms with E-state index in [0.717, 1.165) is 41.0 Å². The van der Waals surface area contributed by atoms with Crippen LogP contribution in [-0.4, -0.2) is 46.4 Å². The number of thioether (sulfide) groups is 1. The summed E-state index contributed by atoms with van der Waals surface area (Å²) >= 11 is 0.796. The molecule has 2 aromatic carbocycles. The van der Waals surface area contributed by atoms with Gasteiger partial charge in [0.15, 0.2) is 5.78 Å². The Morgan fingerprint density at radius 2 is 1.68 bits per heavy atom. The van der Waals surface area contributed by atoms with Crippen molar-refractivity contribution in [2.24, 2.45) is 0 Å². The maximum Gasteiger partial charge on any atom is 0.293 e. The number of amides is 2. The minimum atomic E-state index is -0.562. The van der Waals surface area contributed by atoms with Crippen LogP contribution in [0.4, 0.5) is 16.2 Å². The van der Waals surface area contributed by atoms with Gasteiger partial charge >= 0.3 is 0 Å². The fourth-order valence-corrected chi connectivity index (χ4v) is 4.39. The number of nitro benzene ring substituents is 1. The highest BCUT2D eigenvalue weighted by molar-refractivity contribution is 8.18. The molecular weight excluding hydrogens is 418 g/mol. The van der Waals surface area contributed by atoms with E-state index in [0.29, 0.717) is 0 Å². The molecule has 0 unspecified atom stereocenters. The molecule has 4 rings (SSSR count). The number of benzene rings is 2. The van der Waals surface area contributed by atoms with E-state index in [1.807, 2.05) is 24.3 Å². The van der Waals surface area contributed by atoms with Gasteiger partial charge in [-0.2, -0.15) is 0 Å². The van der Waals surface area contributed by atoms with Crippen molar-refractivity contribution >= 4 is 46.1 Å². The van der Waals surface area contributed by atoms with E-state index in [9.17, 15) is 24.5 Å². The maximum absolute atomic E-state index is 12.7. The van der Waals surface area contributed by atoms with E-state index in [2.05, 4.69) is 4.90 Å². The number of carbonyl (C=O) groups excluding carboxylic acids is 3. The van der Waals surface area contributed by atoms with Crippen LogP contribution in [0.25, 0.3) is 6.08 Å². The van der Waals surface area contributed by atoms with Gasteiger partial charge in [-0.15, -0.1) is 0 Å². The van der Waals surface area contributed by atoms with Crippen LogP contribution in [0, 0.1) is 10.1 Å². The molecule has 0 saturated carbocycles. The van der Waals surface area contributed by atoms with Gasteiger partial charge < -0.3 is 4.90 Å². The number of carbonyl (C=O) groups is 3. The van der Waals surface area contributed by atoms with Crippen LogP contribution in [0.1, 0.15) is 28.8 Å². The summed E-state index contributed by atoms with van der Waals surface area (Å²) in [4.78, 5) is 51.1. The lowest BCUT2D eigenvalue weighted by Crippen LogP contribution is -2.33. The summed E-state index contributed by atoms with van der Waals surface area (Å²) in [6.07, 6.45) is 4.02. The van der Waals surface area contributed by atoms with Crippen LogP contribution in [0.5, 0.6) is 0 Å². The monoisotopic (exact) mass is 437 g/mol. The molecular formula is C22H19N3O5S. The topological polar surface area (TPSA) is 101 Å². The Balaban J connectivity index is 1.44. The van der Waals surface area contributed by atoms with Gasteiger partial charge in [-0.05, 0) is 60.5 Å². The molecule has 31 heavy (non-hydrogen) atoms. The third-order valence-corrected chi connectivity index (χ3v) is 6.14. The van der Waals surface area contributed by atoms with Crippen molar-refractivity contribution in [1.29, 1.82) is 0 Å². The molecule has 0 bridgehead atoms. The Labute approximate surface area is 182 Å². The van der Waals surface area contributed by atoms with E-state index in [-0.39, 0.29) is 16.2 Å². The molecule has 2 amide bonds. The highest BCUT2D eigenvalue weighted by atomic mass is 32.2. The number of nitrogens with zero attached hydrogens (tertiary/aromatic N) is 3. The standard InChI is InChI=1S/C22H19N3O5S/c26-19(16-5-9-18(10-6-16)25(29)30)14-24-21(27)20(31-22(24)28)13-15-3-7-17(8-4-15)23-11-1-2-12-23/h3-10,13H,1-2,11-12,14H2/b20-13+. The molecule has 0 aromatic heterocycles. The molecule has 2 fully saturated rings. The third kappa shape index (κ3) is 4.51. The van der Waals surface area contributed by atoms with Crippen molar-refractivity contribution in [3.8, 4) is 0 Å². The second-order valence-electron chi connectivity index (χ2n) is 7.28. The first-order valence-corrected chi connectivity index (χ1v) is 10.6. The van der Waals surface area contributed by atoms with Crippen molar-refractivity contribution in [2.45, 2.75) is 12.8 Å². The minimum Gasteiger partial charge on any atom is -0.372 e. The van der Waals surface area contributed by atoms with Crippen molar-refractivity contribution in [3.05, 3.63) is 74.7 Å². The quantitative estimate of drug-likeness (QED) is 0.290. The van der Waals surface area contributed by atoms with Crippen LogP contribution in [0.2, 0.25) is 0 Å². The van der Waals surface area contributed by atoms with Gasteiger partial charge in [-0.1, -0.05) is 12.1 Å². The van der Waals surface area contributed by atoms with Gasteiger partial charge in [0, 0.05) is 36.5 Å². The number of nitro groups is 1. The lowest BCUT2D eigenvalue weighted by Gasteiger charge is -2.17. The average Bonchev–Trinajstić information content (AvgIpc) is 3.39. The van der Waals surface area contributed by atoms with Crippen molar-refractivity contribution in [3.63, 3.8) is 0 Å². The van der Waals surface area contributed by atoms with Gasteiger partial charge in [-0.25, -0.2) is 0 Å². The van der Waals surface area contributed by atoms with Crippen molar-refractivity contribution in [1.82, 2.24) is 4.90 Å². The Morgan fingerprint density at radius 3 is 2.29 bits per heavy atom. The molecule has 0 N–H and O–H groups in total. The lowest BCUT2D eigenvalue weighted by molar-refractivity contribution is -0.384. The number of hydrogen-bond acceptors (Lipinski definition) is 7. The second-order valence-corrected chi connectivity index (χ2v) is 8.27. The normalized spacial score (nSPS) is 17.6. The van der Waals surface area contributed by atoms with E-state index in [4.69, 9.17) is 0 Å². The number of rotatable bonds is 6.